The van der Waals surface area contributed by atoms with E-state index in [0.717, 1.165) is 32.4 Å². The van der Waals surface area contributed by atoms with Crippen LogP contribution in [0, 0.1) is 81.8 Å². The van der Waals surface area contributed by atoms with E-state index in [1.165, 1.54) is 0 Å². The smallest absolute Gasteiger partial charge is 0.226 e. The van der Waals surface area contributed by atoms with Crippen molar-refractivity contribution < 1.29 is 24.0 Å². The van der Waals surface area contributed by atoms with Crippen LogP contribution in [-0.4, -0.2) is 78.2 Å². The van der Waals surface area contributed by atoms with Crippen LogP contribution in [0.15, 0.2) is 35.3 Å². The van der Waals surface area contributed by atoms with Gasteiger partial charge in [0.2, 0.25) is 28.9 Å². The van der Waals surface area contributed by atoms with E-state index in [-0.39, 0.29) is 92.9 Å². The number of rotatable bonds is 2. The summed E-state index contributed by atoms with van der Waals surface area (Å²) >= 11 is 0. The molecule has 2 amide bonds. The Morgan fingerprint density at radius 1 is 0.593 bits per heavy atom. The average molecular weight is 832 g/mol. The fourth-order valence-electron chi connectivity index (χ4n) is 11.4. The van der Waals surface area contributed by atoms with Crippen molar-refractivity contribution in [1.29, 1.82) is 0 Å². The molecule has 6 atom stereocenters. The lowest BCUT2D eigenvalue weighted by Crippen LogP contribution is -2.57. The number of hydrogen-bond donors (Lipinski definition) is 1. The van der Waals surface area contributed by atoms with Gasteiger partial charge in [0, 0.05) is 60.8 Å². The number of fused-ring (bicyclic) bond motifs is 3. The first-order valence-electron chi connectivity index (χ1n) is 20.9. The third-order valence-electron chi connectivity index (χ3n) is 14.4. The van der Waals surface area contributed by atoms with Crippen LogP contribution in [0.25, 0.3) is 14.5 Å². The summed E-state index contributed by atoms with van der Waals surface area (Å²) in [5, 5.41) is 3.36. The molecule has 6 aliphatic rings. The average Bonchev–Trinajstić information content (AvgIpc) is 3.15. The zero-order valence-corrected chi connectivity index (χ0v) is 38.5. The highest BCUT2D eigenvalue weighted by molar-refractivity contribution is 6.03. The third kappa shape index (κ3) is 9.01. The van der Waals surface area contributed by atoms with Crippen LogP contribution in [0.5, 0.6) is 0 Å². The molecule has 0 saturated carbocycles. The van der Waals surface area contributed by atoms with Gasteiger partial charge >= 0.3 is 0 Å². The molecular formula is C47H67ClN6O5. The molecule has 1 N–H and O–H groups in total. The number of hydrogen-bond acceptors (Lipinski definition) is 6. The first-order valence-corrected chi connectivity index (χ1v) is 20.9. The molecule has 0 aromatic heterocycles. The Labute approximate surface area is 359 Å². The minimum absolute atomic E-state index is 0. The van der Waals surface area contributed by atoms with Crippen LogP contribution >= 0.6 is 12.4 Å². The second kappa shape index (κ2) is 17.5. The lowest BCUT2D eigenvalue weighted by Gasteiger charge is -2.53. The van der Waals surface area contributed by atoms with Crippen LogP contribution in [0.1, 0.15) is 109 Å². The summed E-state index contributed by atoms with van der Waals surface area (Å²) < 4.78 is 0. The fourth-order valence-corrected chi connectivity index (χ4v) is 11.4. The predicted octanol–water partition coefficient (Wildman–Crippen LogP) is 8.25. The minimum atomic E-state index is -0.531. The monoisotopic (exact) mass is 830 g/mol. The van der Waals surface area contributed by atoms with Crippen molar-refractivity contribution in [2.75, 3.05) is 39.3 Å². The molecule has 0 aromatic rings. The molecule has 3 aliphatic carbocycles. The molecule has 0 bridgehead atoms. The molecule has 322 valence electrons. The van der Waals surface area contributed by atoms with Crippen molar-refractivity contribution >= 4 is 41.6 Å². The number of nitrogens with zero attached hydrogens (tertiary/aromatic N) is 5. The summed E-state index contributed by atoms with van der Waals surface area (Å²) in [5.41, 5.74) is -1.30. The second-order valence-corrected chi connectivity index (χ2v) is 20.6. The Hall–Kier alpha value is -4.11. The van der Waals surface area contributed by atoms with Crippen molar-refractivity contribution in [2.45, 2.75) is 109 Å². The van der Waals surface area contributed by atoms with Crippen molar-refractivity contribution in [3.63, 3.8) is 0 Å². The van der Waals surface area contributed by atoms with Gasteiger partial charge in [-0.05, 0) is 59.8 Å². The Morgan fingerprint density at radius 3 is 1.20 bits per heavy atom. The van der Waals surface area contributed by atoms with Crippen molar-refractivity contribution in [1.82, 2.24) is 15.1 Å². The lowest BCUT2D eigenvalue weighted by molar-refractivity contribution is -0.144. The maximum absolute atomic E-state index is 12.4. The first kappa shape index (κ1) is 49.3. The maximum atomic E-state index is 12.4. The minimum Gasteiger partial charge on any atom is -0.342 e. The number of allylic oxidation sites excluding steroid dienone is 3. The maximum Gasteiger partial charge on any atom is 0.226 e. The Balaban J connectivity index is 0.000000237. The number of Topliss-reactive ketones (excluding diaryl/α,β-unsaturated/α-hetero) is 3. The van der Waals surface area contributed by atoms with Gasteiger partial charge < -0.3 is 29.5 Å². The van der Waals surface area contributed by atoms with E-state index in [4.69, 9.17) is 19.7 Å². The second-order valence-electron chi connectivity index (χ2n) is 20.6. The van der Waals surface area contributed by atoms with E-state index in [2.05, 4.69) is 40.6 Å². The van der Waals surface area contributed by atoms with Gasteiger partial charge in [-0.2, -0.15) is 0 Å². The summed E-state index contributed by atoms with van der Waals surface area (Å²) in [6.07, 6.45) is 8.17. The number of nitrogens with one attached hydrogen (secondary N) is 1. The Kier molecular flexibility index (Phi) is 14.6. The van der Waals surface area contributed by atoms with E-state index in [0.29, 0.717) is 37.8 Å². The SMILES string of the molecule is Cl.[C-]#[N+]C1=C[C@@]2(C)CN(C(=O)C(C)C)CC[C@@H]2C(C)(C)C1=O.[C-]#[N+]C1=C[C@]2(C)CN(C(=O)C(C)C)CC[C@H]2C(C)(C)C1=O.[C-]#[N+]C1=C[C@]2(C)CNCC[C@H]2C(C)(C)C1=O. The highest BCUT2D eigenvalue weighted by Crippen LogP contribution is 2.54. The number of carbonyl (C=O) groups excluding carboxylic acids is 5. The van der Waals surface area contributed by atoms with Gasteiger partial charge in [0.25, 0.3) is 0 Å². The Morgan fingerprint density at radius 2 is 0.898 bits per heavy atom. The largest absolute Gasteiger partial charge is 0.342 e. The van der Waals surface area contributed by atoms with Crippen molar-refractivity contribution in [3.05, 3.63) is 69.6 Å². The molecule has 3 heterocycles. The number of halogens is 1. The predicted molar refractivity (Wildman–Crippen MR) is 232 cm³/mol. The first-order chi connectivity index (χ1) is 26.7. The summed E-state index contributed by atoms with van der Waals surface area (Å²) in [7, 11) is 0. The lowest BCUT2D eigenvalue weighted by atomic mass is 9.55. The van der Waals surface area contributed by atoms with Crippen molar-refractivity contribution in [2.24, 2.45) is 62.1 Å². The molecule has 0 spiro atoms. The van der Waals surface area contributed by atoms with E-state index >= 15 is 0 Å². The number of piperidine rings is 3. The number of likely N-dealkylation sites (tertiary alicyclic amines) is 2. The molecule has 3 fully saturated rings. The fraction of sp³-hybridized carbons (Fsp3) is 0.702. The summed E-state index contributed by atoms with van der Waals surface area (Å²) in [6, 6.07) is 0. The molecule has 6 rings (SSSR count). The van der Waals surface area contributed by atoms with Crippen LogP contribution in [0.2, 0.25) is 0 Å². The highest BCUT2D eigenvalue weighted by Gasteiger charge is 2.55. The zero-order chi connectivity index (χ0) is 44.0. The summed E-state index contributed by atoms with van der Waals surface area (Å²) in [5.74, 6) is 0.890. The van der Waals surface area contributed by atoms with E-state index in [1.54, 1.807) is 0 Å². The van der Waals surface area contributed by atoms with Gasteiger partial charge in [0.1, 0.15) is 0 Å². The van der Waals surface area contributed by atoms with E-state index in [1.807, 2.05) is 97.3 Å². The van der Waals surface area contributed by atoms with Gasteiger partial charge in [-0.1, -0.05) is 108 Å². The molecule has 12 heteroatoms. The van der Waals surface area contributed by atoms with Gasteiger partial charge in [0.15, 0.2) is 17.3 Å². The molecule has 0 unspecified atom stereocenters. The van der Waals surface area contributed by atoms with E-state index in [9.17, 15) is 24.0 Å². The highest BCUT2D eigenvalue weighted by atomic mass is 35.5. The van der Waals surface area contributed by atoms with E-state index < -0.39 is 16.2 Å². The standard InChI is InChI=1S/2C17H24N2O2.C13H18N2O.ClH/c2*1-11(2)15(21)19-8-7-13-16(3,4)14(20)12(18-6)9-17(13,5)10-19;1-12(2)10-5-6-15-8-13(10,3)7-9(14-4)11(12)16;/h2*9,11,13H,7-8,10H2,1-5H3;7,10,15H,5-6,8H2,1-3H3;1H/t2*13-,17+;10-,13+;/m100./s1. The van der Waals surface area contributed by atoms with Gasteiger partial charge in [-0.15, -0.1) is 12.4 Å². The third-order valence-corrected chi connectivity index (χ3v) is 14.4. The topological polar surface area (TPSA) is 117 Å². The summed E-state index contributed by atoms with van der Waals surface area (Å²) in [4.78, 5) is 75.6. The molecule has 3 saturated heterocycles. The van der Waals surface area contributed by atoms with Crippen LogP contribution in [0.4, 0.5) is 0 Å². The Bertz CT molecular complexity index is 1860. The number of ketones is 3. The zero-order valence-electron chi connectivity index (χ0n) is 37.7. The molecule has 59 heavy (non-hydrogen) atoms. The normalized spacial score (nSPS) is 32.5. The number of amides is 2. The molecule has 11 nitrogen and oxygen atoms in total. The number of carbonyl (C=O) groups is 5. The van der Waals surface area contributed by atoms with Crippen molar-refractivity contribution in [3.8, 4) is 0 Å². The molecule has 0 radical (unpaired) electrons. The quantitative estimate of drug-likeness (QED) is 0.280. The van der Waals surface area contributed by atoms with Crippen LogP contribution in [0.3, 0.4) is 0 Å². The summed E-state index contributed by atoms with van der Waals surface area (Å²) in [6.45, 7) is 51.8. The van der Waals surface area contributed by atoms with Gasteiger partial charge in [-0.3, -0.25) is 9.59 Å². The molecule has 0 aromatic carbocycles. The molecular weight excluding hydrogens is 764 g/mol. The van der Waals surface area contributed by atoms with Gasteiger partial charge in [0.05, 0.1) is 19.7 Å². The van der Waals surface area contributed by atoms with Gasteiger partial charge in [-0.25, -0.2) is 14.5 Å². The molecule has 3 aliphatic heterocycles. The van der Waals surface area contributed by atoms with Crippen LogP contribution < -0.4 is 5.32 Å². The van der Waals surface area contributed by atoms with Crippen LogP contribution in [-0.2, 0) is 24.0 Å².